The lowest BCUT2D eigenvalue weighted by Crippen LogP contribution is -2.43. The van der Waals surface area contributed by atoms with Crippen LogP contribution in [0.3, 0.4) is 0 Å². The van der Waals surface area contributed by atoms with Gasteiger partial charge in [0.05, 0.1) is 7.11 Å². The monoisotopic (exact) mass is 413 g/mol. The van der Waals surface area contributed by atoms with Crippen LogP contribution in [0.4, 0.5) is 5.82 Å². The highest BCUT2D eigenvalue weighted by Gasteiger charge is 2.16. The first-order valence-electron chi connectivity index (χ1n) is 10.3. The highest BCUT2D eigenvalue weighted by molar-refractivity contribution is 6.16. The molecule has 0 atom stereocenters. The predicted octanol–water partition coefficient (Wildman–Crippen LogP) is 3.27. The molecule has 0 amide bonds. The Morgan fingerprint density at radius 1 is 1.00 bits per heavy atom. The molecule has 2 N–H and O–H groups in total. The van der Waals surface area contributed by atoms with Crippen LogP contribution < -0.4 is 15.0 Å². The number of hydrogen-bond acceptors (Lipinski definition) is 6. The Bertz CT molecular complexity index is 1210. The van der Waals surface area contributed by atoms with Gasteiger partial charge in [-0.1, -0.05) is 0 Å². The van der Waals surface area contributed by atoms with Gasteiger partial charge in [0, 0.05) is 72.4 Å². The summed E-state index contributed by atoms with van der Waals surface area (Å²) in [6, 6.07) is 13.2. The number of nitrogens with one attached hydrogen (secondary N) is 2. The van der Waals surface area contributed by atoms with Crippen molar-refractivity contribution in [2.75, 3.05) is 38.2 Å². The van der Waals surface area contributed by atoms with Crippen LogP contribution in [0, 0.1) is 0 Å². The average Bonchev–Trinajstić information content (AvgIpc) is 3.27. The number of ether oxygens (including phenoxy) is 1. The molecule has 4 heterocycles. The minimum atomic E-state index is -0.0555. The predicted molar refractivity (Wildman–Crippen MR) is 121 cm³/mol. The van der Waals surface area contributed by atoms with Crippen LogP contribution >= 0.6 is 0 Å². The highest BCUT2D eigenvalue weighted by atomic mass is 16.5. The van der Waals surface area contributed by atoms with E-state index in [1.54, 1.807) is 37.6 Å². The fraction of sp³-hybridized carbons (Fsp3) is 0.208. The van der Waals surface area contributed by atoms with Gasteiger partial charge in [-0.2, -0.15) is 0 Å². The molecule has 0 unspecified atom stereocenters. The number of fused-ring (bicyclic) bond motifs is 1. The molecule has 1 saturated heterocycles. The minimum Gasteiger partial charge on any atom is -0.497 e. The van der Waals surface area contributed by atoms with Crippen molar-refractivity contribution < 1.29 is 9.53 Å². The number of rotatable bonds is 5. The maximum atomic E-state index is 13.1. The summed E-state index contributed by atoms with van der Waals surface area (Å²) in [5.74, 6) is 1.65. The normalized spacial score (nSPS) is 14.0. The Morgan fingerprint density at radius 2 is 1.77 bits per heavy atom. The molecule has 4 aromatic rings. The number of nitrogens with zero attached hydrogens (tertiary/aromatic N) is 3. The zero-order valence-corrected chi connectivity index (χ0v) is 17.3. The third-order valence-corrected chi connectivity index (χ3v) is 5.65. The summed E-state index contributed by atoms with van der Waals surface area (Å²) >= 11 is 0. The van der Waals surface area contributed by atoms with Gasteiger partial charge in [-0.15, -0.1) is 0 Å². The Balaban J connectivity index is 1.45. The van der Waals surface area contributed by atoms with Crippen molar-refractivity contribution in [3.8, 4) is 16.9 Å². The number of methoxy groups -OCH3 is 1. The molecule has 156 valence electrons. The van der Waals surface area contributed by atoms with Gasteiger partial charge in [-0.25, -0.2) is 9.97 Å². The number of pyridine rings is 2. The summed E-state index contributed by atoms with van der Waals surface area (Å²) < 4.78 is 5.18. The number of piperazine rings is 1. The number of hydrogen-bond donors (Lipinski definition) is 2. The van der Waals surface area contributed by atoms with Crippen LogP contribution in [0.25, 0.3) is 22.2 Å². The first kappa shape index (κ1) is 19.3. The third kappa shape index (κ3) is 3.75. The Kier molecular flexibility index (Phi) is 5.09. The fourth-order valence-corrected chi connectivity index (χ4v) is 3.88. The number of aromatic amines is 1. The van der Waals surface area contributed by atoms with E-state index >= 15 is 0 Å². The molecule has 0 aliphatic carbocycles. The number of anilines is 1. The number of carbonyl (C=O) groups is 1. The molecule has 5 rings (SSSR count). The maximum Gasteiger partial charge on any atom is 0.195 e. The average molecular weight is 413 g/mol. The van der Waals surface area contributed by atoms with Crippen molar-refractivity contribution in [1.29, 1.82) is 0 Å². The summed E-state index contributed by atoms with van der Waals surface area (Å²) in [5, 5.41) is 4.15. The van der Waals surface area contributed by atoms with Gasteiger partial charge in [0.1, 0.15) is 17.2 Å². The molecule has 0 spiro atoms. The SMILES string of the molecule is COc1ccc(C(=O)c2c[nH]c3ncc(-c4ccc(N5CCNCC5)nc4)cc23)cc1. The summed E-state index contributed by atoms with van der Waals surface area (Å²) in [6.45, 7) is 3.87. The van der Waals surface area contributed by atoms with Crippen molar-refractivity contribution in [1.82, 2.24) is 20.3 Å². The van der Waals surface area contributed by atoms with Gasteiger partial charge in [0.15, 0.2) is 5.78 Å². The van der Waals surface area contributed by atoms with E-state index in [1.165, 1.54) is 0 Å². The van der Waals surface area contributed by atoms with Crippen LogP contribution in [-0.2, 0) is 0 Å². The molecular formula is C24H23N5O2. The summed E-state index contributed by atoms with van der Waals surface area (Å²) in [5.41, 5.74) is 3.78. The van der Waals surface area contributed by atoms with Gasteiger partial charge in [0.25, 0.3) is 0 Å². The Morgan fingerprint density at radius 3 is 2.48 bits per heavy atom. The second-order valence-electron chi connectivity index (χ2n) is 7.52. The number of H-pyrrole nitrogens is 1. The van der Waals surface area contributed by atoms with Crippen LogP contribution in [0.15, 0.2) is 61.1 Å². The van der Waals surface area contributed by atoms with Crippen molar-refractivity contribution in [3.05, 3.63) is 72.2 Å². The minimum absolute atomic E-state index is 0.0555. The molecule has 1 aliphatic heterocycles. The van der Waals surface area contributed by atoms with E-state index in [0.29, 0.717) is 16.8 Å². The molecule has 0 saturated carbocycles. The second kappa shape index (κ2) is 8.20. The third-order valence-electron chi connectivity index (χ3n) is 5.65. The summed E-state index contributed by atoms with van der Waals surface area (Å²) in [6.07, 6.45) is 5.40. The van der Waals surface area contributed by atoms with Crippen LogP contribution in [0.1, 0.15) is 15.9 Å². The van der Waals surface area contributed by atoms with Gasteiger partial charge in [-0.05, 0) is 42.5 Å². The number of carbonyl (C=O) groups excluding carboxylic acids is 1. The molecular weight excluding hydrogens is 390 g/mol. The lowest BCUT2D eigenvalue weighted by atomic mass is 10.0. The molecule has 3 aromatic heterocycles. The van der Waals surface area contributed by atoms with Gasteiger partial charge < -0.3 is 19.9 Å². The molecule has 0 bridgehead atoms. The van der Waals surface area contributed by atoms with E-state index in [9.17, 15) is 4.79 Å². The smallest absolute Gasteiger partial charge is 0.195 e. The molecule has 31 heavy (non-hydrogen) atoms. The maximum absolute atomic E-state index is 13.1. The quantitative estimate of drug-likeness (QED) is 0.489. The lowest BCUT2D eigenvalue weighted by Gasteiger charge is -2.28. The number of benzene rings is 1. The van der Waals surface area contributed by atoms with Crippen molar-refractivity contribution in [2.45, 2.75) is 0 Å². The number of ketones is 1. The van der Waals surface area contributed by atoms with E-state index in [4.69, 9.17) is 4.74 Å². The molecule has 7 nitrogen and oxygen atoms in total. The zero-order valence-electron chi connectivity index (χ0n) is 17.3. The standard InChI is InChI=1S/C24H23N5O2/c1-31-19-5-2-16(3-6-19)23(30)21-15-28-24-20(21)12-18(14-27-24)17-4-7-22(26-13-17)29-10-8-25-9-11-29/h2-7,12-15,25H,8-11H2,1H3,(H,27,28). The molecule has 1 aromatic carbocycles. The molecule has 1 aliphatic rings. The van der Waals surface area contributed by atoms with E-state index in [0.717, 1.165) is 54.3 Å². The molecule has 0 radical (unpaired) electrons. The van der Waals surface area contributed by atoms with Crippen LogP contribution in [0.5, 0.6) is 5.75 Å². The van der Waals surface area contributed by atoms with E-state index < -0.39 is 0 Å². The van der Waals surface area contributed by atoms with Gasteiger partial charge in [0.2, 0.25) is 0 Å². The van der Waals surface area contributed by atoms with E-state index in [1.807, 2.05) is 24.5 Å². The first-order valence-corrected chi connectivity index (χ1v) is 10.3. The second-order valence-corrected chi connectivity index (χ2v) is 7.52. The van der Waals surface area contributed by atoms with Crippen molar-refractivity contribution >= 4 is 22.6 Å². The first-order chi connectivity index (χ1) is 15.2. The topological polar surface area (TPSA) is 83.1 Å². The highest BCUT2D eigenvalue weighted by Crippen LogP contribution is 2.27. The van der Waals surface area contributed by atoms with E-state index in [2.05, 4.69) is 31.2 Å². The van der Waals surface area contributed by atoms with Gasteiger partial charge >= 0.3 is 0 Å². The Hall–Kier alpha value is -3.71. The molecule has 7 heteroatoms. The largest absolute Gasteiger partial charge is 0.497 e. The Labute approximate surface area is 180 Å². The van der Waals surface area contributed by atoms with Crippen molar-refractivity contribution in [2.24, 2.45) is 0 Å². The summed E-state index contributed by atoms with van der Waals surface area (Å²) in [7, 11) is 1.61. The molecule has 1 fully saturated rings. The van der Waals surface area contributed by atoms with Gasteiger partial charge in [-0.3, -0.25) is 4.79 Å². The zero-order chi connectivity index (χ0) is 21.2. The van der Waals surface area contributed by atoms with Crippen molar-refractivity contribution in [3.63, 3.8) is 0 Å². The summed E-state index contributed by atoms with van der Waals surface area (Å²) in [4.78, 5) is 27.6. The number of aromatic nitrogens is 3. The van der Waals surface area contributed by atoms with Crippen LogP contribution in [0.2, 0.25) is 0 Å². The van der Waals surface area contributed by atoms with E-state index in [-0.39, 0.29) is 5.78 Å². The fourth-order valence-electron chi connectivity index (χ4n) is 3.88. The van der Waals surface area contributed by atoms with Crippen LogP contribution in [-0.4, -0.2) is 54.0 Å². The lowest BCUT2D eigenvalue weighted by molar-refractivity contribution is 0.104.